The molecule has 0 aromatic heterocycles. The van der Waals surface area contributed by atoms with Crippen molar-refractivity contribution in [1.82, 2.24) is 0 Å². The summed E-state index contributed by atoms with van der Waals surface area (Å²) in [6.07, 6.45) is 10.8. The molecule has 8 atom stereocenters. The van der Waals surface area contributed by atoms with Gasteiger partial charge in [0.1, 0.15) is 0 Å². The zero-order chi connectivity index (χ0) is 21.9. The van der Waals surface area contributed by atoms with Crippen molar-refractivity contribution in [1.29, 1.82) is 0 Å². The molecule has 0 aliphatic heterocycles. The average molecular weight is 435 g/mol. The summed E-state index contributed by atoms with van der Waals surface area (Å²) in [6, 6.07) is 0. The third-order valence-corrected chi connectivity index (χ3v) is 10.7. The van der Waals surface area contributed by atoms with Crippen molar-refractivity contribution in [3.8, 4) is 0 Å². The average Bonchev–Trinajstić information content (AvgIpc) is 2.99. The summed E-state index contributed by atoms with van der Waals surface area (Å²) < 4.78 is 0. The first-order chi connectivity index (χ1) is 14.0. The molecule has 3 nitrogen and oxygen atoms in total. The van der Waals surface area contributed by atoms with Crippen LogP contribution >= 0.6 is 11.8 Å². The van der Waals surface area contributed by atoms with Gasteiger partial charge in [-0.05, 0) is 81.3 Å². The van der Waals surface area contributed by atoms with Gasteiger partial charge < -0.3 is 15.3 Å². The Morgan fingerprint density at radius 2 is 1.87 bits per heavy atom. The van der Waals surface area contributed by atoms with Gasteiger partial charge in [-0.1, -0.05) is 44.1 Å². The van der Waals surface area contributed by atoms with Crippen molar-refractivity contribution in [2.75, 3.05) is 5.75 Å². The van der Waals surface area contributed by atoms with Crippen LogP contribution in [-0.4, -0.2) is 44.1 Å². The lowest BCUT2D eigenvalue weighted by Crippen LogP contribution is -2.52. The number of hydrogen-bond donors (Lipinski definition) is 3. The maximum absolute atomic E-state index is 11.0. The Morgan fingerprint density at radius 3 is 2.57 bits per heavy atom. The lowest BCUT2D eigenvalue weighted by Gasteiger charge is -2.56. The first kappa shape index (κ1) is 22.9. The van der Waals surface area contributed by atoms with E-state index in [1.54, 1.807) is 5.57 Å². The molecule has 0 aromatic rings. The zero-order valence-electron chi connectivity index (χ0n) is 19.5. The van der Waals surface area contributed by atoms with Crippen LogP contribution in [0, 0.1) is 28.6 Å². The molecule has 0 saturated heterocycles. The van der Waals surface area contributed by atoms with Gasteiger partial charge in [0.15, 0.2) is 0 Å². The second kappa shape index (κ2) is 7.93. The van der Waals surface area contributed by atoms with Crippen LogP contribution in [0.5, 0.6) is 0 Å². The highest BCUT2D eigenvalue weighted by atomic mass is 32.2. The number of thioether (sulfide) groups is 1. The van der Waals surface area contributed by atoms with E-state index >= 15 is 0 Å². The van der Waals surface area contributed by atoms with Gasteiger partial charge in [-0.3, -0.25) is 0 Å². The zero-order valence-corrected chi connectivity index (χ0v) is 20.3. The SMILES string of the molecule is C[C@@H](SCCC(C)(C)O)[C@H]1CC[C@H]2C3=CC=C4C[C@@H](O)C[C@H](O)[C@]4(C)[C@H]3CC[C@]12C. The lowest BCUT2D eigenvalue weighted by atomic mass is 9.49. The van der Waals surface area contributed by atoms with Crippen LogP contribution in [0.25, 0.3) is 0 Å². The van der Waals surface area contributed by atoms with Crippen molar-refractivity contribution in [3.63, 3.8) is 0 Å². The Bertz CT molecular complexity index is 722. The first-order valence-electron chi connectivity index (χ1n) is 12.1. The Balaban J connectivity index is 1.53. The van der Waals surface area contributed by atoms with Gasteiger partial charge in [-0.2, -0.15) is 11.8 Å². The molecule has 3 N–H and O–H groups in total. The highest BCUT2D eigenvalue weighted by Gasteiger charge is 2.58. The van der Waals surface area contributed by atoms with Crippen LogP contribution < -0.4 is 0 Å². The summed E-state index contributed by atoms with van der Waals surface area (Å²) in [5, 5.41) is 31.9. The van der Waals surface area contributed by atoms with Gasteiger partial charge in [0.05, 0.1) is 17.8 Å². The van der Waals surface area contributed by atoms with E-state index in [0.717, 1.165) is 18.6 Å². The van der Waals surface area contributed by atoms with E-state index in [0.29, 0.717) is 41.3 Å². The predicted octanol–water partition coefficient (Wildman–Crippen LogP) is 5.10. The minimum atomic E-state index is -0.576. The molecule has 3 fully saturated rings. The maximum Gasteiger partial charge on any atom is 0.0661 e. The molecule has 4 aliphatic rings. The molecule has 0 unspecified atom stereocenters. The molecule has 0 radical (unpaired) electrons. The molecular weight excluding hydrogens is 392 g/mol. The van der Waals surface area contributed by atoms with E-state index in [1.807, 2.05) is 25.6 Å². The second-order valence-corrected chi connectivity index (χ2v) is 13.2. The Labute approximate surface area is 187 Å². The van der Waals surface area contributed by atoms with E-state index < -0.39 is 17.8 Å². The number of fused-ring (bicyclic) bond motifs is 5. The van der Waals surface area contributed by atoms with Crippen molar-refractivity contribution >= 4 is 11.8 Å². The fourth-order valence-electron chi connectivity index (χ4n) is 7.47. The normalized spacial score (nSPS) is 44.5. The minimum Gasteiger partial charge on any atom is -0.393 e. The van der Waals surface area contributed by atoms with Gasteiger partial charge in [-0.25, -0.2) is 0 Å². The molecule has 0 amide bonds. The van der Waals surface area contributed by atoms with Crippen LogP contribution in [0.15, 0.2) is 23.3 Å². The van der Waals surface area contributed by atoms with E-state index in [-0.39, 0.29) is 5.41 Å². The molecule has 3 saturated carbocycles. The summed E-state index contributed by atoms with van der Waals surface area (Å²) in [5.74, 6) is 2.78. The number of rotatable bonds is 5. The molecule has 0 heterocycles. The van der Waals surface area contributed by atoms with Gasteiger partial charge in [0, 0.05) is 17.1 Å². The predicted molar refractivity (Wildman–Crippen MR) is 125 cm³/mol. The topological polar surface area (TPSA) is 60.7 Å². The fourth-order valence-corrected chi connectivity index (χ4v) is 9.14. The van der Waals surface area contributed by atoms with Crippen LogP contribution in [0.2, 0.25) is 0 Å². The second-order valence-electron chi connectivity index (χ2n) is 11.7. The van der Waals surface area contributed by atoms with Crippen molar-refractivity contribution in [2.24, 2.45) is 28.6 Å². The van der Waals surface area contributed by atoms with E-state index in [4.69, 9.17) is 0 Å². The molecule has 0 spiro atoms. The monoisotopic (exact) mass is 434 g/mol. The molecule has 170 valence electrons. The van der Waals surface area contributed by atoms with Crippen LogP contribution in [0.1, 0.15) is 79.6 Å². The maximum atomic E-state index is 11.0. The highest BCUT2D eigenvalue weighted by Crippen LogP contribution is 2.66. The third kappa shape index (κ3) is 3.74. The Hall–Kier alpha value is -0.290. The van der Waals surface area contributed by atoms with Gasteiger partial charge in [0.25, 0.3) is 0 Å². The van der Waals surface area contributed by atoms with Crippen molar-refractivity contribution in [2.45, 2.75) is 103 Å². The summed E-state index contributed by atoms with van der Waals surface area (Å²) >= 11 is 2.04. The van der Waals surface area contributed by atoms with Gasteiger partial charge in [-0.15, -0.1) is 0 Å². The smallest absolute Gasteiger partial charge is 0.0661 e. The Morgan fingerprint density at radius 1 is 1.13 bits per heavy atom. The lowest BCUT2D eigenvalue weighted by molar-refractivity contribution is -0.0526. The van der Waals surface area contributed by atoms with Crippen LogP contribution in [0.3, 0.4) is 0 Å². The molecule has 4 rings (SSSR count). The summed E-state index contributed by atoms with van der Waals surface area (Å²) in [7, 11) is 0. The molecule has 0 aromatic carbocycles. The largest absolute Gasteiger partial charge is 0.393 e. The quantitative estimate of drug-likeness (QED) is 0.563. The third-order valence-electron chi connectivity index (χ3n) is 9.38. The Kier molecular flexibility index (Phi) is 6.05. The summed E-state index contributed by atoms with van der Waals surface area (Å²) in [6.45, 7) is 11.0. The van der Waals surface area contributed by atoms with Gasteiger partial charge >= 0.3 is 0 Å². The molecule has 0 bridgehead atoms. The van der Waals surface area contributed by atoms with Crippen molar-refractivity contribution < 1.29 is 15.3 Å². The summed E-state index contributed by atoms with van der Waals surface area (Å²) in [5.41, 5.74) is 2.41. The highest BCUT2D eigenvalue weighted by molar-refractivity contribution is 7.99. The van der Waals surface area contributed by atoms with Crippen molar-refractivity contribution in [3.05, 3.63) is 23.3 Å². The first-order valence-corrected chi connectivity index (χ1v) is 13.1. The molecule has 4 aliphatic carbocycles. The number of allylic oxidation sites excluding steroid dienone is 3. The number of aliphatic hydroxyl groups is 3. The number of hydrogen-bond acceptors (Lipinski definition) is 4. The van der Waals surface area contributed by atoms with Crippen LogP contribution in [0.4, 0.5) is 0 Å². The standard InChI is InChI=1S/C26H42O3S/c1-16(30-13-12-24(2,3)29)20-8-9-21-19-7-6-17-14-18(27)15-23(28)26(17,5)22(19)10-11-25(20,21)4/h6-7,16,18,20-23,27-29H,8-15H2,1-5H3/t16-,18-,20-,21+,22+,23+,25-,26+/m1/s1. The van der Waals surface area contributed by atoms with E-state index in [9.17, 15) is 15.3 Å². The van der Waals surface area contributed by atoms with Crippen LogP contribution in [-0.2, 0) is 0 Å². The van der Waals surface area contributed by atoms with Gasteiger partial charge in [0.2, 0.25) is 0 Å². The number of aliphatic hydroxyl groups excluding tert-OH is 2. The van der Waals surface area contributed by atoms with E-state index in [2.05, 4.69) is 32.9 Å². The molecular formula is C26H42O3S. The van der Waals surface area contributed by atoms with E-state index in [1.165, 1.54) is 24.8 Å². The molecule has 30 heavy (non-hydrogen) atoms. The fraction of sp³-hybridized carbons (Fsp3) is 0.846. The molecule has 4 heteroatoms. The minimum absolute atomic E-state index is 0.199. The summed E-state index contributed by atoms with van der Waals surface area (Å²) in [4.78, 5) is 0.